The van der Waals surface area contributed by atoms with E-state index in [-0.39, 0.29) is 0 Å². The Morgan fingerprint density at radius 1 is 0.727 bits per heavy atom. The van der Waals surface area contributed by atoms with Crippen LogP contribution in [-0.2, 0) is 9.47 Å². The summed E-state index contributed by atoms with van der Waals surface area (Å²) in [5.74, 6) is 3.11. The van der Waals surface area contributed by atoms with Gasteiger partial charge in [-0.05, 0) is 31.8 Å². The summed E-state index contributed by atoms with van der Waals surface area (Å²) in [6, 6.07) is 4.22. The molecule has 0 unspecified atom stereocenters. The van der Waals surface area contributed by atoms with E-state index in [1.807, 2.05) is 0 Å². The van der Waals surface area contributed by atoms with Gasteiger partial charge in [-0.3, -0.25) is 0 Å². The number of methoxy groups -OCH3 is 4. The Morgan fingerprint density at radius 2 is 1.27 bits per heavy atom. The third kappa shape index (κ3) is 5.05. The third-order valence-electron chi connectivity index (χ3n) is 6.79. The summed E-state index contributed by atoms with van der Waals surface area (Å²) < 4.78 is 25.7. The van der Waals surface area contributed by atoms with E-state index in [0.717, 1.165) is 71.7 Å². The smallest absolute Gasteiger partial charge is 0.207 e. The van der Waals surface area contributed by atoms with Crippen LogP contribution in [0, 0.1) is 0 Å². The molecule has 0 radical (unpaired) electrons. The van der Waals surface area contributed by atoms with Crippen molar-refractivity contribution in [2.24, 2.45) is 0 Å². The van der Waals surface area contributed by atoms with Crippen LogP contribution < -0.4 is 14.4 Å². The van der Waals surface area contributed by atoms with E-state index >= 15 is 0 Å². The standard InChI is InChI=1S/C27H37N2O4/c1-30-24-15-20(28-11-7-5-8-12-28)16-25(31-2)22(24)19-23-26(32-3)17-21(18-27(23)33-4)29-13-9-6-10-14-29/h15-19H,5-14H2,1-4H3/q+1. The zero-order valence-corrected chi connectivity index (χ0v) is 20.5. The maximum absolute atomic E-state index is 5.83. The first-order valence-corrected chi connectivity index (χ1v) is 12.0. The highest BCUT2D eigenvalue weighted by Gasteiger charge is 2.26. The molecule has 0 N–H and O–H groups in total. The molecular weight excluding hydrogens is 416 g/mol. The molecule has 2 saturated heterocycles. The number of ether oxygens (including phenoxy) is 4. The molecule has 6 heteroatoms. The van der Waals surface area contributed by atoms with Crippen LogP contribution in [0.1, 0.15) is 44.1 Å². The molecule has 6 nitrogen and oxygen atoms in total. The fourth-order valence-corrected chi connectivity index (χ4v) is 4.95. The van der Waals surface area contributed by atoms with Gasteiger partial charge < -0.3 is 23.8 Å². The molecule has 33 heavy (non-hydrogen) atoms. The van der Waals surface area contributed by atoms with E-state index in [9.17, 15) is 0 Å². The van der Waals surface area contributed by atoms with Crippen LogP contribution in [0.15, 0.2) is 41.4 Å². The van der Waals surface area contributed by atoms with Crippen molar-refractivity contribution in [3.05, 3.63) is 46.9 Å². The highest BCUT2D eigenvalue weighted by Crippen LogP contribution is 2.39. The Balaban J connectivity index is 1.77. The molecule has 4 rings (SSSR count). The molecule has 2 fully saturated rings. The highest BCUT2D eigenvalue weighted by atomic mass is 16.5. The molecular formula is C27H37N2O4+. The van der Waals surface area contributed by atoms with E-state index in [1.165, 1.54) is 38.5 Å². The van der Waals surface area contributed by atoms with E-state index in [1.54, 1.807) is 28.4 Å². The lowest BCUT2D eigenvalue weighted by Crippen LogP contribution is -2.29. The molecule has 2 aliphatic heterocycles. The Morgan fingerprint density at radius 3 is 1.79 bits per heavy atom. The maximum atomic E-state index is 5.83. The van der Waals surface area contributed by atoms with Crippen molar-refractivity contribution < 1.29 is 23.5 Å². The highest BCUT2D eigenvalue weighted by molar-refractivity contribution is 6.04. The molecule has 0 spiro atoms. The zero-order valence-electron chi connectivity index (χ0n) is 20.5. The Hall–Kier alpha value is -2.89. The molecule has 1 aromatic rings. The van der Waals surface area contributed by atoms with Gasteiger partial charge in [0.1, 0.15) is 36.1 Å². The van der Waals surface area contributed by atoms with E-state index in [0.29, 0.717) is 0 Å². The molecule has 3 aliphatic rings. The predicted octanol–water partition coefficient (Wildman–Crippen LogP) is 4.79. The fraction of sp³-hybridized carbons (Fsp3) is 0.519. The summed E-state index contributed by atoms with van der Waals surface area (Å²) in [5.41, 5.74) is 4.03. The summed E-state index contributed by atoms with van der Waals surface area (Å²) >= 11 is 0. The van der Waals surface area contributed by atoms with Crippen LogP contribution in [0.4, 0.5) is 5.69 Å². The van der Waals surface area contributed by atoms with Gasteiger partial charge in [-0.25, -0.2) is 4.58 Å². The van der Waals surface area contributed by atoms with Crippen LogP contribution in [0.3, 0.4) is 0 Å². The minimum atomic E-state index is 0.777. The summed E-state index contributed by atoms with van der Waals surface area (Å²) in [6.07, 6.45) is 13.7. The molecule has 1 aromatic carbocycles. The monoisotopic (exact) mass is 453 g/mol. The fourth-order valence-electron chi connectivity index (χ4n) is 4.95. The Bertz CT molecular complexity index is 925. The van der Waals surface area contributed by atoms with Crippen molar-refractivity contribution in [2.45, 2.75) is 38.5 Å². The SMILES string of the molecule is COC1=CC(=[N+]2CCCCC2)C=C(OC)C1=Cc1c(OC)cc(N2CCCCC2)cc1OC. The van der Waals surface area contributed by atoms with Crippen molar-refractivity contribution in [1.29, 1.82) is 0 Å². The topological polar surface area (TPSA) is 43.2 Å². The molecule has 1 aliphatic carbocycles. The van der Waals surface area contributed by atoms with Crippen LogP contribution >= 0.6 is 0 Å². The number of rotatable bonds is 6. The number of hydrogen-bond donors (Lipinski definition) is 0. The zero-order chi connectivity index (χ0) is 23.2. The van der Waals surface area contributed by atoms with Gasteiger partial charge in [0.05, 0.1) is 51.7 Å². The summed E-state index contributed by atoms with van der Waals surface area (Å²) in [7, 11) is 6.83. The number of hydrogen-bond acceptors (Lipinski definition) is 5. The van der Waals surface area contributed by atoms with E-state index < -0.39 is 0 Å². The van der Waals surface area contributed by atoms with Gasteiger partial charge in [-0.15, -0.1) is 0 Å². The van der Waals surface area contributed by atoms with Crippen molar-refractivity contribution in [2.75, 3.05) is 59.5 Å². The quantitative estimate of drug-likeness (QED) is 0.580. The largest absolute Gasteiger partial charge is 0.496 e. The molecule has 0 bridgehead atoms. The van der Waals surface area contributed by atoms with Crippen molar-refractivity contribution in [3.63, 3.8) is 0 Å². The number of piperidine rings is 2. The average Bonchev–Trinajstić information content (AvgIpc) is 2.89. The van der Waals surface area contributed by atoms with Crippen molar-refractivity contribution in [3.8, 4) is 11.5 Å². The lowest BCUT2D eigenvalue weighted by Gasteiger charge is -2.30. The molecule has 2 heterocycles. The first-order valence-electron chi connectivity index (χ1n) is 12.0. The van der Waals surface area contributed by atoms with E-state index in [4.69, 9.17) is 18.9 Å². The van der Waals surface area contributed by atoms with Gasteiger partial charge in [0.25, 0.3) is 0 Å². The second-order valence-electron chi connectivity index (χ2n) is 8.77. The van der Waals surface area contributed by atoms with Crippen molar-refractivity contribution in [1.82, 2.24) is 0 Å². The van der Waals surface area contributed by atoms with Gasteiger partial charge in [0.2, 0.25) is 5.71 Å². The molecule has 0 amide bonds. The number of nitrogens with zero attached hydrogens (tertiary/aromatic N) is 2. The van der Waals surface area contributed by atoms with Crippen LogP contribution in [0.2, 0.25) is 0 Å². The molecule has 0 saturated carbocycles. The second kappa shape index (κ2) is 10.8. The second-order valence-corrected chi connectivity index (χ2v) is 8.77. The van der Waals surface area contributed by atoms with Gasteiger partial charge in [0.15, 0.2) is 0 Å². The summed E-state index contributed by atoms with van der Waals surface area (Å²) in [5, 5.41) is 0. The van der Waals surface area contributed by atoms with Gasteiger partial charge in [-0.2, -0.15) is 0 Å². The summed E-state index contributed by atoms with van der Waals surface area (Å²) in [6.45, 7) is 4.26. The van der Waals surface area contributed by atoms with Gasteiger partial charge in [-0.1, -0.05) is 0 Å². The van der Waals surface area contributed by atoms with Crippen LogP contribution in [-0.4, -0.2) is 64.9 Å². The molecule has 0 aromatic heterocycles. The first-order chi connectivity index (χ1) is 16.2. The van der Waals surface area contributed by atoms with Crippen LogP contribution in [0.5, 0.6) is 11.5 Å². The van der Waals surface area contributed by atoms with Crippen LogP contribution in [0.25, 0.3) is 6.08 Å². The first kappa shape index (κ1) is 23.3. The van der Waals surface area contributed by atoms with Crippen molar-refractivity contribution >= 4 is 17.5 Å². The van der Waals surface area contributed by atoms with Gasteiger partial charge >= 0.3 is 0 Å². The predicted molar refractivity (Wildman–Crippen MR) is 133 cm³/mol. The number of benzene rings is 1. The molecule has 0 atom stereocenters. The summed E-state index contributed by atoms with van der Waals surface area (Å²) in [4.78, 5) is 2.41. The maximum Gasteiger partial charge on any atom is 0.207 e. The minimum Gasteiger partial charge on any atom is -0.496 e. The lowest BCUT2D eigenvalue weighted by atomic mass is 9.98. The Labute approximate surface area is 197 Å². The lowest BCUT2D eigenvalue weighted by molar-refractivity contribution is -0.536. The average molecular weight is 454 g/mol. The third-order valence-corrected chi connectivity index (χ3v) is 6.79. The number of anilines is 1. The van der Waals surface area contributed by atoms with Gasteiger partial charge in [0, 0.05) is 43.8 Å². The minimum absolute atomic E-state index is 0.777. The van der Waals surface area contributed by atoms with E-state index in [2.05, 4.69) is 39.8 Å². The number of allylic oxidation sites excluding steroid dienone is 2. The Kier molecular flexibility index (Phi) is 7.63. The normalized spacial score (nSPS) is 19.0. The molecule has 178 valence electrons.